The van der Waals surface area contributed by atoms with Gasteiger partial charge in [-0.2, -0.15) is 13.2 Å². The first-order valence-corrected chi connectivity index (χ1v) is 10.3. The molecule has 2 heterocycles. The van der Waals surface area contributed by atoms with Gasteiger partial charge in [-0.25, -0.2) is 4.79 Å². The van der Waals surface area contributed by atoms with Gasteiger partial charge in [0.1, 0.15) is 6.42 Å². The minimum absolute atomic E-state index is 0.0445. The third-order valence-electron chi connectivity index (χ3n) is 5.40. The van der Waals surface area contributed by atoms with Crippen LogP contribution >= 0.6 is 0 Å². The standard InChI is InChI=1S/C22H19F3N4O5/c23-22(24,25)15-4-2-1-3-14(15)20(32)29-9-7-28(8-10-29)19(31)12-18(30)26-13-5-6-17-16(11-13)27-21(33)34-17/h1-6,11H,7-10,12H2,(H,26,30)(H,27,33). The Morgan fingerprint density at radius 3 is 2.38 bits per heavy atom. The zero-order valence-electron chi connectivity index (χ0n) is 17.6. The highest BCUT2D eigenvalue weighted by Crippen LogP contribution is 2.32. The van der Waals surface area contributed by atoms with Crippen molar-refractivity contribution in [2.45, 2.75) is 12.6 Å². The van der Waals surface area contributed by atoms with Crippen LogP contribution in [0, 0.1) is 0 Å². The molecule has 0 atom stereocenters. The van der Waals surface area contributed by atoms with E-state index < -0.39 is 47.2 Å². The van der Waals surface area contributed by atoms with E-state index in [1.165, 1.54) is 40.1 Å². The van der Waals surface area contributed by atoms with Crippen LogP contribution in [-0.2, 0) is 15.8 Å². The summed E-state index contributed by atoms with van der Waals surface area (Å²) in [6, 6.07) is 9.07. The normalized spacial score (nSPS) is 14.3. The van der Waals surface area contributed by atoms with E-state index in [0.29, 0.717) is 16.8 Å². The summed E-state index contributed by atoms with van der Waals surface area (Å²) in [5.41, 5.74) is -0.370. The molecule has 1 saturated heterocycles. The fourth-order valence-corrected chi connectivity index (χ4v) is 3.73. The van der Waals surface area contributed by atoms with Gasteiger partial charge in [0.25, 0.3) is 5.91 Å². The van der Waals surface area contributed by atoms with Crippen molar-refractivity contribution in [2.24, 2.45) is 0 Å². The summed E-state index contributed by atoms with van der Waals surface area (Å²) in [5, 5.41) is 2.56. The van der Waals surface area contributed by atoms with Crippen molar-refractivity contribution in [3.63, 3.8) is 0 Å². The number of carbonyl (C=O) groups excluding carboxylic acids is 3. The van der Waals surface area contributed by atoms with Crippen LogP contribution in [0.15, 0.2) is 51.7 Å². The van der Waals surface area contributed by atoms with Crippen molar-refractivity contribution in [1.82, 2.24) is 14.8 Å². The highest BCUT2D eigenvalue weighted by atomic mass is 19.4. The summed E-state index contributed by atoms with van der Waals surface area (Å²) < 4.78 is 44.5. The van der Waals surface area contributed by atoms with Crippen LogP contribution in [0.2, 0.25) is 0 Å². The number of nitrogens with one attached hydrogen (secondary N) is 2. The third kappa shape index (κ3) is 4.95. The molecular weight excluding hydrogens is 457 g/mol. The lowest BCUT2D eigenvalue weighted by molar-refractivity contribution is -0.138. The molecule has 12 heteroatoms. The van der Waals surface area contributed by atoms with E-state index in [1.54, 1.807) is 0 Å². The van der Waals surface area contributed by atoms with Crippen LogP contribution in [0.4, 0.5) is 18.9 Å². The van der Waals surface area contributed by atoms with Crippen LogP contribution in [-0.4, -0.2) is 58.7 Å². The molecule has 4 rings (SSSR count). The summed E-state index contributed by atoms with van der Waals surface area (Å²) in [6.45, 7) is 0.272. The number of amides is 3. The average Bonchev–Trinajstić information content (AvgIpc) is 3.17. The summed E-state index contributed by atoms with van der Waals surface area (Å²) >= 11 is 0. The number of aromatic amines is 1. The Labute approximate surface area is 190 Å². The average molecular weight is 476 g/mol. The van der Waals surface area contributed by atoms with Crippen molar-refractivity contribution in [3.05, 3.63) is 64.1 Å². The minimum Gasteiger partial charge on any atom is -0.408 e. The second-order valence-corrected chi connectivity index (χ2v) is 7.67. The van der Waals surface area contributed by atoms with Crippen LogP contribution in [0.5, 0.6) is 0 Å². The van der Waals surface area contributed by atoms with E-state index in [-0.39, 0.29) is 26.2 Å². The highest BCUT2D eigenvalue weighted by Gasteiger charge is 2.36. The van der Waals surface area contributed by atoms with Crippen LogP contribution in [0.1, 0.15) is 22.3 Å². The van der Waals surface area contributed by atoms with E-state index in [0.717, 1.165) is 12.1 Å². The van der Waals surface area contributed by atoms with E-state index in [2.05, 4.69) is 10.3 Å². The van der Waals surface area contributed by atoms with Gasteiger partial charge in [0.15, 0.2) is 5.58 Å². The molecule has 178 valence electrons. The lowest BCUT2D eigenvalue weighted by Crippen LogP contribution is -2.51. The summed E-state index contributed by atoms with van der Waals surface area (Å²) in [6.07, 6.45) is -5.11. The quantitative estimate of drug-likeness (QED) is 0.562. The van der Waals surface area contributed by atoms with E-state index >= 15 is 0 Å². The number of nitrogens with zero attached hydrogens (tertiary/aromatic N) is 2. The lowest BCUT2D eigenvalue weighted by Gasteiger charge is -2.35. The fraction of sp³-hybridized carbons (Fsp3) is 0.273. The Balaban J connectivity index is 1.32. The number of fused-ring (bicyclic) bond motifs is 1. The molecule has 0 bridgehead atoms. The lowest BCUT2D eigenvalue weighted by atomic mass is 10.1. The summed E-state index contributed by atoms with van der Waals surface area (Å²) in [7, 11) is 0. The molecule has 3 aromatic rings. The zero-order chi connectivity index (χ0) is 24.5. The second-order valence-electron chi connectivity index (χ2n) is 7.67. The first-order valence-electron chi connectivity index (χ1n) is 10.3. The maximum absolute atomic E-state index is 13.2. The van der Waals surface area contributed by atoms with Gasteiger partial charge in [-0.3, -0.25) is 19.4 Å². The Morgan fingerprint density at radius 1 is 1.00 bits per heavy atom. The molecule has 0 saturated carbocycles. The topological polar surface area (TPSA) is 116 Å². The molecule has 1 fully saturated rings. The van der Waals surface area contributed by atoms with Crippen molar-refractivity contribution in [1.29, 1.82) is 0 Å². The Kier molecular flexibility index (Phi) is 6.14. The number of rotatable bonds is 4. The van der Waals surface area contributed by atoms with Gasteiger partial charge in [0, 0.05) is 31.9 Å². The maximum atomic E-state index is 13.2. The fourth-order valence-electron chi connectivity index (χ4n) is 3.73. The van der Waals surface area contributed by atoms with Gasteiger partial charge in [-0.1, -0.05) is 12.1 Å². The highest BCUT2D eigenvalue weighted by molar-refractivity contribution is 6.04. The molecular formula is C22H19F3N4O5. The molecule has 0 spiro atoms. The molecule has 0 aliphatic carbocycles. The Bertz CT molecular complexity index is 1310. The van der Waals surface area contributed by atoms with E-state index in [1.807, 2.05) is 0 Å². The largest absolute Gasteiger partial charge is 0.417 e. The third-order valence-corrected chi connectivity index (χ3v) is 5.40. The number of aromatic nitrogens is 1. The van der Waals surface area contributed by atoms with Crippen LogP contribution in [0.25, 0.3) is 11.1 Å². The number of hydrogen-bond acceptors (Lipinski definition) is 5. The van der Waals surface area contributed by atoms with Gasteiger partial charge >= 0.3 is 11.9 Å². The molecule has 0 unspecified atom stereocenters. The van der Waals surface area contributed by atoms with Gasteiger partial charge in [-0.15, -0.1) is 0 Å². The van der Waals surface area contributed by atoms with Crippen molar-refractivity contribution in [3.8, 4) is 0 Å². The zero-order valence-corrected chi connectivity index (χ0v) is 17.6. The number of benzene rings is 2. The van der Waals surface area contributed by atoms with Gasteiger partial charge < -0.3 is 19.5 Å². The number of H-pyrrole nitrogens is 1. The first-order chi connectivity index (χ1) is 16.1. The smallest absolute Gasteiger partial charge is 0.408 e. The molecule has 9 nitrogen and oxygen atoms in total. The van der Waals surface area contributed by atoms with Gasteiger partial charge in [-0.05, 0) is 30.3 Å². The van der Waals surface area contributed by atoms with Crippen LogP contribution in [0.3, 0.4) is 0 Å². The molecule has 1 aliphatic heterocycles. The number of oxazole rings is 1. The molecule has 3 amide bonds. The molecule has 0 radical (unpaired) electrons. The first kappa shape index (κ1) is 23.1. The molecule has 1 aliphatic rings. The monoisotopic (exact) mass is 476 g/mol. The van der Waals surface area contributed by atoms with Crippen molar-refractivity contribution < 1.29 is 32.0 Å². The Hall–Kier alpha value is -4.09. The number of carbonyl (C=O) groups is 3. The van der Waals surface area contributed by atoms with Gasteiger partial charge in [0.2, 0.25) is 11.8 Å². The molecule has 2 N–H and O–H groups in total. The van der Waals surface area contributed by atoms with Crippen LogP contribution < -0.4 is 11.1 Å². The molecule has 1 aromatic heterocycles. The predicted molar refractivity (Wildman–Crippen MR) is 114 cm³/mol. The number of anilines is 1. The number of piperazine rings is 1. The molecule has 34 heavy (non-hydrogen) atoms. The minimum atomic E-state index is -4.66. The van der Waals surface area contributed by atoms with E-state index in [9.17, 15) is 32.3 Å². The Morgan fingerprint density at radius 2 is 1.68 bits per heavy atom. The van der Waals surface area contributed by atoms with Crippen molar-refractivity contribution in [2.75, 3.05) is 31.5 Å². The molecule has 2 aromatic carbocycles. The SMILES string of the molecule is O=C(CC(=O)N1CCN(C(=O)c2ccccc2C(F)(F)F)CC1)Nc1ccc2oc(=O)[nH]c2c1. The number of halogens is 3. The number of hydrogen-bond donors (Lipinski definition) is 2. The van der Waals surface area contributed by atoms with E-state index in [4.69, 9.17) is 4.42 Å². The second kappa shape index (κ2) is 9.04. The summed E-state index contributed by atoms with van der Waals surface area (Å²) in [5.74, 6) is -2.44. The van der Waals surface area contributed by atoms with Gasteiger partial charge in [0.05, 0.1) is 16.6 Å². The van der Waals surface area contributed by atoms with Crippen molar-refractivity contribution >= 4 is 34.5 Å². The summed E-state index contributed by atoms with van der Waals surface area (Å²) in [4.78, 5) is 53.7. The number of alkyl halides is 3. The predicted octanol–water partition coefficient (Wildman–Crippen LogP) is 2.45. The maximum Gasteiger partial charge on any atom is 0.417 e.